The number of unbranched alkanes of at least 4 members (excludes halogenated alkanes) is 1. The van der Waals surface area contributed by atoms with Crippen LogP contribution in [0.3, 0.4) is 0 Å². The van der Waals surface area contributed by atoms with Gasteiger partial charge in [-0.2, -0.15) is 13.2 Å². The van der Waals surface area contributed by atoms with E-state index in [1.807, 2.05) is 0 Å². The standard InChI is InChI=1S/C35H51F3N12O9/c1-18(51)46-22(7-4-14-44-33(40)41)30(56)50-25(11-12-27(52)53)32(58)48-23(6-2-3-13-39)31(57)49-24(8-5-15-45-34(42)43)29(55)47-19-9-10-20-21(35(36,37)38)17-28(54)59-26(20)16-19/h9-10,16-17,22-25H,2-8,11-15,39H2,1H3,(H,46,51)(H,47,55)(H,48,58)(H,49,57)(H,50,56)(H,52,53)(H4,40,41,44)(H4,42,43,45). The smallest absolute Gasteiger partial charge is 0.417 e. The normalized spacial score (nSPS) is 13.2. The number of nitrogens with zero attached hydrogens (tertiary/aromatic N) is 2. The molecule has 2 aromatic rings. The van der Waals surface area contributed by atoms with Crippen LogP contribution in [0, 0.1) is 0 Å². The lowest BCUT2D eigenvalue weighted by atomic mass is 10.0. The fourth-order valence-electron chi connectivity index (χ4n) is 5.61. The molecular weight excluding hydrogens is 789 g/mol. The highest BCUT2D eigenvalue weighted by Gasteiger charge is 2.34. The Morgan fingerprint density at radius 3 is 1.69 bits per heavy atom. The minimum Gasteiger partial charge on any atom is -0.481 e. The Hall–Kier alpha value is -6.46. The van der Waals surface area contributed by atoms with E-state index >= 15 is 0 Å². The van der Waals surface area contributed by atoms with Gasteiger partial charge in [0.05, 0.1) is 5.56 Å². The second-order valence-electron chi connectivity index (χ2n) is 13.2. The summed E-state index contributed by atoms with van der Waals surface area (Å²) in [5.74, 6) is -5.84. The van der Waals surface area contributed by atoms with Crippen LogP contribution in [-0.4, -0.2) is 96.3 Å². The van der Waals surface area contributed by atoms with Crippen LogP contribution in [0.4, 0.5) is 18.9 Å². The minimum absolute atomic E-state index is 0.0265. The highest BCUT2D eigenvalue weighted by molar-refractivity contribution is 6.00. The molecule has 0 spiro atoms. The molecule has 0 aliphatic carbocycles. The number of halogens is 3. The second-order valence-corrected chi connectivity index (χ2v) is 13.2. The number of nitrogens with two attached hydrogens (primary N) is 5. The number of carbonyl (C=O) groups excluding carboxylic acids is 5. The molecule has 0 saturated heterocycles. The number of amides is 5. The quantitative estimate of drug-likeness (QED) is 0.0256. The number of carboxylic acid groups (broad SMARTS) is 1. The van der Waals surface area contributed by atoms with Crippen molar-refractivity contribution >= 4 is 64.1 Å². The van der Waals surface area contributed by atoms with Crippen molar-refractivity contribution in [2.45, 2.75) is 95.1 Å². The van der Waals surface area contributed by atoms with Crippen LogP contribution in [0.5, 0.6) is 0 Å². The highest BCUT2D eigenvalue weighted by atomic mass is 19.4. The molecule has 1 heterocycles. The molecular formula is C35H51F3N12O9. The van der Waals surface area contributed by atoms with Gasteiger partial charge in [0.1, 0.15) is 29.8 Å². The minimum atomic E-state index is -4.88. The number of carbonyl (C=O) groups is 6. The van der Waals surface area contributed by atoms with Crippen molar-refractivity contribution in [1.82, 2.24) is 21.3 Å². The number of anilines is 1. The van der Waals surface area contributed by atoms with Crippen LogP contribution in [0.2, 0.25) is 0 Å². The van der Waals surface area contributed by atoms with E-state index in [0.29, 0.717) is 18.9 Å². The number of guanidine groups is 2. The molecule has 5 amide bonds. The van der Waals surface area contributed by atoms with Crippen molar-refractivity contribution in [1.29, 1.82) is 0 Å². The number of aliphatic imine (C=N–C) groups is 2. The highest BCUT2D eigenvalue weighted by Crippen LogP contribution is 2.34. The van der Waals surface area contributed by atoms with E-state index in [1.54, 1.807) is 0 Å². The molecule has 4 atom stereocenters. The summed E-state index contributed by atoms with van der Waals surface area (Å²) in [4.78, 5) is 97.4. The Bertz CT molecular complexity index is 1920. The second kappa shape index (κ2) is 23.7. The molecule has 2 rings (SSSR count). The Labute approximate surface area is 335 Å². The van der Waals surface area contributed by atoms with Gasteiger partial charge >= 0.3 is 17.8 Å². The SMILES string of the molecule is CC(=O)NC(CCCN=C(N)N)C(=O)NC(CCC(=O)O)C(=O)NC(CCCCN)C(=O)NC(CCCN=C(N)N)C(=O)Nc1ccc2c(C(F)(F)F)cc(=O)oc2c1. The van der Waals surface area contributed by atoms with Crippen LogP contribution in [-0.2, 0) is 34.9 Å². The van der Waals surface area contributed by atoms with E-state index in [-0.39, 0.29) is 69.3 Å². The third-order valence-corrected chi connectivity index (χ3v) is 8.39. The van der Waals surface area contributed by atoms with E-state index in [4.69, 9.17) is 33.1 Å². The van der Waals surface area contributed by atoms with Crippen LogP contribution >= 0.6 is 0 Å². The lowest BCUT2D eigenvalue weighted by Gasteiger charge is -2.26. The number of carboxylic acids is 1. The molecule has 1 aromatic carbocycles. The number of fused-ring (bicyclic) bond motifs is 1. The molecule has 0 aliphatic rings. The summed E-state index contributed by atoms with van der Waals surface area (Å²) < 4.78 is 45.7. The van der Waals surface area contributed by atoms with Crippen molar-refractivity contribution in [3.63, 3.8) is 0 Å². The van der Waals surface area contributed by atoms with Gasteiger partial charge in [0.15, 0.2) is 11.9 Å². The summed E-state index contributed by atoms with van der Waals surface area (Å²) in [5, 5.41) is 21.4. The molecule has 1 aromatic heterocycles. The topological polar surface area (TPSA) is 368 Å². The lowest BCUT2D eigenvalue weighted by molar-refractivity contribution is -0.138. The third-order valence-electron chi connectivity index (χ3n) is 8.39. The molecule has 24 heteroatoms. The van der Waals surface area contributed by atoms with E-state index < -0.39 is 101 Å². The first kappa shape index (κ1) is 48.7. The molecule has 0 aliphatic heterocycles. The zero-order chi connectivity index (χ0) is 44.3. The third kappa shape index (κ3) is 17.7. The summed E-state index contributed by atoms with van der Waals surface area (Å²) in [6, 6.07) is -1.98. The summed E-state index contributed by atoms with van der Waals surface area (Å²) in [6.07, 6.45) is -4.89. The van der Waals surface area contributed by atoms with Crippen molar-refractivity contribution < 1.29 is 51.5 Å². The molecule has 326 valence electrons. The number of alkyl halides is 3. The van der Waals surface area contributed by atoms with Gasteiger partial charge in [0, 0.05) is 49.6 Å². The van der Waals surface area contributed by atoms with Crippen LogP contribution in [0.1, 0.15) is 70.3 Å². The number of hydrogen-bond donors (Lipinski definition) is 11. The fourth-order valence-corrected chi connectivity index (χ4v) is 5.61. The Balaban J connectivity index is 2.39. The molecule has 0 fully saturated rings. The predicted molar refractivity (Wildman–Crippen MR) is 209 cm³/mol. The average Bonchev–Trinajstić information content (AvgIpc) is 3.13. The average molecular weight is 841 g/mol. The summed E-state index contributed by atoms with van der Waals surface area (Å²) >= 11 is 0. The van der Waals surface area contributed by atoms with Gasteiger partial charge in [-0.15, -0.1) is 0 Å². The van der Waals surface area contributed by atoms with Gasteiger partial charge in [0.25, 0.3) is 0 Å². The van der Waals surface area contributed by atoms with Crippen molar-refractivity contribution in [2.75, 3.05) is 25.0 Å². The van der Waals surface area contributed by atoms with Gasteiger partial charge in [-0.25, -0.2) is 4.79 Å². The summed E-state index contributed by atoms with van der Waals surface area (Å²) in [6.45, 7) is 1.53. The zero-order valence-electron chi connectivity index (χ0n) is 32.2. The molecule has 0 radical (unpaired) electrons. The van der Waals surface area contributed by atoms with Gasteiger partial charge in [-0.05, 0) is 70.0 Å². The Morgan fingerprint density at radius 1 is 0.729 bits per heavy atom. The fraction of sp³-hybridized carbons (Fsp3) is 0.514. The molecule has 59 heavy (non-hydrogen) atoms. The molecule has 21 nitrogen and oxygen atoms in total. The monoisotopic (exact) mass is 840 g/mol. The zero-order valence-corrected chi connectivity index (χ0v) is 32.2. The summed E-state index contributed by atoms with van der Waals surface area (Å²) in [7, 11) is 0. The van der Waals surface area contributed by atoms with Crippen LogP contribution < -0.4 is 60.9 Å². The predicted octanol–water partition coefficient (Wildman–Crippen LogP) is -1.19. The van der Waals surface area contributed by atoms with E-state index in [9.17, 15) is 51.8 Å². The number of hydrogen-bond acceptors (Lipinski definition) is 11. The number of benzene rings is 1. The van der Waals surface area contributed by atoms with Crippen molar-refractivity contribution in [3.8, 4) is 0 Å². The number of rotatable bonds is 24. The number of aliphatic carboxylic acids is 1. The van der Waals surface area contributed by atoms with Crippen molar-refractivity contribution in [2.24, 2.45) is 38.7 Å². The Kier molecular flexibility index (Phi) is 19.6. The molecule has 0 bridgehead atoms. The van der Waals surface area contributed by atoms with Crippen LogP contribution in [0.15, 0.2) is 43.5 Å². The molecule has 0 saturated carbocycles. The Morgan fingerprint density at radius 2 is 1.22 bits per heavy atom. The van der Waals surface area contributed by atoms with Gasteiger partial charge in [-0.1, -0.05) is 0 Å². The van der Waals surface area contributed by atoms with Crippen LogP contribution in [0.25, 0.3) is 11.0 Å². The first-order valence-electron chi connectivity index (χ1n) is 18.4. The molecule has 4 unspecified atom stereocenters. The van der Waals surface area contributed by atoms with E-state index in [2.05, 4.69) is 36.6 Å². The van der Waals surface area contributed by atoms with Gasteiger partial charge in [0.2, 0.25) is 29.5 Å². The summed E-state index contributed by atoms with van der Waals surface area (Å²) in [5.41, 5.74) is 24.0. The van der Waals surface area contributed by atoms with Gasteiger partial charge in [-0.3, -0.25) is 38.8 Å². The number of nitrogens with one attached hydrogen (secondary N) is 5. The molecule has 16 N–H and O–H groups in total. The van der Waals surface area contributed by atoms with Crippen molar-refractivity contribution in [3.05, 3.63) is 40.2 Å². The van der Waals surface area contributed by atoms with E-state index in [1.165, 1.54) is 0 Å². The largest absolute Gasteiger partial charge is 0.481 e. The maximum atomic E-state index is 13.8. The first-order valence-corrected chi connectivity index (χ1v) is 18.4. The van der Waals surface area contributed by atoms with Gasteiger partial charge < -0.3 is 64.8 Å². The lowest BCUT2D eigenvalue weighted by Crippen LogP contribution is -2.58. The van der Waals surface area contributed by atoms with E-state index in [0.717, 1.165) is 25.1 Å². The maximum Gasteiger partial charge on any atom is 0.417 e. The first-order chi connectivity index (χ1) is 27.7. The maximum absolute atomic E-state index is 13.8.